The molecule has 0 unspecified atom stereocenters. The van der Waals surface area contributed by atoms with Gasteiger partial charge < -0.3 is 18.3 Å². The lowest BCUT2D eigenvalue weighted by Gasteiger charge is -2.26. The lowest BCUT2D eigenvalue weighted by molar-refractivity contribution is 0.668. The van der Waals surface area contributed by atoms with Crippen molar-refractivity contribution in [3.8, 4) is 27.9 Å². The number of para-hydroxylation sites is 4. The number of anilines is 3. The van der Waals surface area contributed by atoms with Crippen LogP contribution in [0.2, 0.25) is 0 Å². The minimum Gasteiger partial charge on any atom is -0.456 e. The first-order valence-electron chi connectivity index (χ1n) is 19.7. The zero-order valence-electron chi connectivity index (χ0n) is 31.3. The zero-order chi connectivity index (χ0) is 38.2. The van der Waals surface area contributed by atoms with Crippen LogP contribution < -0.4 is 4.90 Å². The van der Waals surface area contributed by atoms with Crippen molar-refractivity contribution in [2.24, 2.45) is 0 Å². The smallest absolute Gasteiger partial charge is 0.135 e. The fourth-order valence-corrected chi connectivity index (χ4v) is 8.84. The average molecular weight is 743 g/mol. The van der Waals surface area contributed by atoms with Crippen LogP contribution in [-0.2, 0) is 0 Å². The van der Waals surface area contributed by atoms with E-state index in [4.69, 9.17) is 8.83 Å². The monoisotopic (exact) mass is 742 g/mol. The Labute approximate surface area is 334 Å². The lowest BCUT2D eigenvalue weighted by Crippen LogP contribution is -2.10. The van der Waals surface area contributed by atoms with Gasteiger partial charge in [0.25, 0.3) is 0 Å². The molecule has 9 aromatic carbocycles. The van der Waals surface area contributed by atoms with Crippen LogP contribution in [0.5, 0.6) is 0 Å². The summed E-state index contributed by atoms with van der Waals surface area (Å²) < 4.78 is 14.7. The molecule has 12 rings (SSSR count). The Morgan fingerprint density at radius 3 is 1.33 bits per heavy atom. The van der Waals surface area contributed by atoms with Gasteiger partial charge in [0.1, 0.15) is 22.3 Å². The number of benzene rings is 9. The van der Waals surface area contributed by atoms with Gasteiger partial charge in [0.15, 0.2) is 0 Å². The van der Waals surface area contributed by atoms with Crippen molar-refractivity contribution in [1.29, 1.82) is 0 Å². The maximum atomic E-state index is 6.17. The van der Waals surface area contributed by atoms with Crippen LogP contribution in [0.3, 0.4) is 0 Å². The minimum atomic E-state index is 0.895. The average Bonchev–Trinajstić information content (AvgIpc) is 3.96. The maximum Gasteiger partial charge on any atom is 0.135 e. The predicted octanol–water partition coefficient (Wildman–Crippen LogP) is 15.4. The summed E-state index contributed by atoms with van der Waals surface area (Å²) in [6, 6.07) is 73.4. The third-order valence-electron chi connectivity index (χ3n) is 11.6. The highest BCUT2D eigenvalue weighted by atomic mass is 16.3. The molecule has 0 fully saturated rings. The molecule has 4 heteroatoms. The first-order valence-corrected chi connectivity index (χ1v) is 19.7. The molecule has 58 heavy (non-hydrogen) atoms. The third kappa shape index (κ3) is 5.16. The van der Waals surface area contributed by atoms with Crippen molar-refractivity contribution < 1.29 is 8.83 Å². The quantitative estimate of drug-likeness (QED) is 0.170. The maximum absolute atomic E-state index is 6.17. The van der Waals surface area contributed by atoms with Gasteiger partial charge in [-0.3, -0.25) is 0 Å². The Morgan fingerprint density at radius 1 is 0.293 bits per heavy atom. The van der Waals surface area contributed by atoms with E-state index in [-0.39, 0.29) is 0 Å². The van der Waals surface area contributed by atoms with Crippen LogP contribution in [-0.4, -0.2) is 4.57 Å². The number of furan rings is 2. The first kappa shape index (κ1) is 32.4. The number of hydrogen-bond donors (Lipinski definition) is 0. The highest BCUT2D eigenvalue weighted by Crippen LogP contribution is 2.41. The van der Waals surface area contributed by atoms with E-state index in [2.05, 4.69) is 191 Å². The largest absolute Gasteiger partial charge is 0.456 e. The molecule has 4 nitrogen and oxygen atoms in total. The predicted molar refractivity (Wildman–Crippen MR) is 241 cm³/mol. The summed E-state index contributed by atoms with van der Waals surface area (Å²) >= 11 is 0. The van der Waals surface area contributed by atoms with Gasteiger partial charge in [-0.15, -0.1) is 0 Å². The fraction of sp³-hybridized carbons (Fsp3) is 0. The highest BCUT2D eigenvalue weighted by molar-refractivity contribution is 6.10. The van der Waals surface area contributed by atoms with Crippen LogP contribution in [0.4, 0.5) is 17.1 Å². The summed E-state index contributed by atoms with van der Waals surface area (Å²) in [5.41, 5.74) is 14.9. The van der Waals surface area contributed by atoms with Crippen LogP contribution >= 0.6 is 0 Å². The SMILES string of the molecule is c1cc(-c2ccc3oc4ccccc4c3c2)cc(N(c2ccc(-c3ccc4oc5ccccc5c4c3)cc2)c2ccc(-n3c4ccccc4c4ccccc43)cc2)c1. The van der Waals surface area contributed by atoms with Gasteiger partial charge >= 0.3 is 0 Å². The second-order valence-corrected chi connectivity index (χ2v) is 14.9. The molecule has 0 aliphatic heterocycles. The second kappa shape index (κ2) is 12.9. The van der Waals surface area contributed by atoms with E-state index >= 15 is 0 Å². The van der Waals surface area contributed by atoms with E-state index in [9.17, 15) is 0 Å². The Morgan fingerprint density at radius 2 is 0.741 bits per heavy atom. The molecule has 0 atom stereocenters. The molecule has 0 aliphatic rings. The van der Waals surface area contributed by atoms with E-state index < -0.39 is 0 Å². The Hall–Kier alpha value is -7.82. The Balaban J connectivity index is 0.975. The van der Waals surface area contributed by atoms with E-state index in [1.165, 1.54) is 21.8 Å². The first-order chi connectivity index (χ1) is 28.7. The van der Waals surface area contributed by atoms with Gasteiger partial charge in [-0.05, 0) is 119 Å². The molecule has 272 valence electrons. The Bertz CT molecular complexity index is 3460. The zero-order valence-corrected chi connectivity index (χ0v) is 31.3. The standard InChI is InChI=1S/C54H34N2O2/c1-5-16-49-43(12-1)44-13-2-6-17-50(44)56(49)41-28-26-40(27-29-41)55(39-24-20-35(21-25-39)37-22-30-53-47(33-37)45-14-3-7-18-51(45)57-53)42-11-9-10-36(32-42)38-23-31-54-48(34-38)46-15-4-8-19-52(46)58-54/h1-34H. The molecule has 12 aromatic rings. The number of hydrogen-bond acceptors (Lipinski definition) is 3. The number of fused-ring (bicyclic) bond motifs is 9. The van der Waals surface area contributed by atoms with Crippen LogP contribution in [0.15, 0.2) is 215 Å². The van der Waals surface area contributed by atoms with E-state index in [1.807, 2.05) is 24.3 Å². The van der Waals surface area contributed by atoms with Crippen LogP contribution in [0.1, 0.15) is 0 Å². The molecule has 0 spiro atoms. The minimum absolute atomic E-state index is 0.895. The van der Waals surface area contributed by atoms with E-state index in [0.29, 0.717) is 0 Å². The third-order valence-corrected chi connectivity index (χ3v) is 11.6. The van der Waals surface area contributed by atoms with Gasteiger partial charge in [0, 0.05) is 55.1 Å². The molecule has 0 aliphatic carbocycles. The molecule has 3 aromatic heterocycles. The molecule has 0 saturated heterocycles. The van der Waals surface area contributed by atoms with Crippen molar-refractivity contribution in [3.63, 3.8) is 0 Å². The summed E-state index contributed by atoms with van der Waals surface area (Å²) in [6.07, 6.45) is 0. The molecular weight excluding hydrogens is 709 g/mol. The molecule has 0 bridgehead atoms. The van der Waals surface area contributed by atoms with Gasteiger partial charge in [-0.1, -0.05) is 109 Å². The summed E-state index contributed by atoms with van der Waals surface area (Å²) in [7, 11) is 0. The molecule has 0 radical (unpaired) electrons. The molecule has 0 amide bonds. The van der Waals surface area contributed by atoms with E-state index in [1.54, 1.807) is 0 Å². The number of rotatable bonds is 6. The van der Waals surface area contributed by atoms with Crippen molar-refractivity contribution in [2.75, 3.05) is 4.90 Å². The van der Waals surface area contributed by atoms with Gasteiger partial charge in [0.05, 0.1) is 11.0 Å². The van der Waals surface area contributed by atoms with Gasteiger partial charge in [-0.25, -0.2) is 0 Å². The summed E-state index contributed by atoms with van der Waals surface area (Å²) in [4.78, 5) is 2.35. The molecular formula is C54H34N2O2. The van der Waals surface area contributed by atoms with Crippen LogP contribution in [0.25, 0.3) is 93.6 Å². The van der Waals surface area contributed by atoms with Crippen molar-refractivity contribution in [1.82, 2.24) is 4.57 Å². The lowest BCUT2D eigenvalue weighted by atomic mass is 10.0. The number of nitrogens with zero attached hydrogens (tertiary/aromatic N) is 2. The van der Waals surface area contributed by atoms with Gasteiger partial charge in [0.2, 0.25) is 0 Å². The Kier molecular flexibility index (Phi) is 7.20. The molecule has 3 heterocycles. The van der Waals surface area contributed by atoms with E-state index in [0.717, 1.165) is 88.9 Å². The summed E-state index contributed by atoms with van der Waals surface area (Å²) in [6.45, 7) is 0. The molecule has 0 N–H and O–H groups in total. The number of aromatic nitrogens is 1. The topological polar surface area (TPSA) is 34.5 Å². The fourth-order valence-electron chi connectivity index (χ4n) is 8.84. The van der Waals surface area contributed by atoms with Crippen molar-refractivity contribution in [3.05, 3.63) is 206 Å². The summed E-state index contributed by atoms with van der Waals surface area (Å²) in [5, 5.41) is 7.01. The van der Waals surface area contributed by atoms with Crippen LogP contribution in [0, 0.1) is 0 Å². The normalized spacial score (nSPS) is 11.8. The second-order valence-electron chi connectivity index (χ2n) is 14.9. The van der Waals surface area contributed by atoms with Crippen molar-refractivity contribution in [2.45, 2.75) is 0 Å². The molecule has 0 saturated carbocycles. The van der Waals surface area contributed by atoms with Gasteiger partial charge in [-0.2, -0.15) is 0 Å². The highest BCUT2D eigenvalue weighted by Gasteiger charge is 2.17. The van der Waals surface area contributed by atoms with Crippen molar-refractivity contribution >= 4 is 82.7 Å². The summed E-state index contributed by atoms with van der Waals surface area (Å²) in [5.74, 6) is 0.